The molecule has 2 aromatic heterocycles. The second-order valence-electron chi connectivity index (χ2n) is 7.66. The Morgan fingerprint density at radius 1 is 1.24 bits per heavy atom. The van der Waals surface area contributed by atoms with E-state index in [1.54, 1.807) is 42.0 Å². The van der Waals surface area contributed by atoms with E-state index in [4.69, 9.17) is 9.15 Å². The van der Waals surface area contributed by atoms with Crippen LogP contribution in [0.1, 0.15) is 22.6 Å². The first-order chi connectivity index (χ1) is 16.4. The fourth-order valence-electron chi connectivity index (χ4n) is 3.70. The Kier molecular flexibility index (Phi) is 6.75. The van der Waals surface area contributed by atoms with Gasteiger partial charge in [-0.25, -0.2) is 0 Å². The number of ether oxygens (including phenoxy) is 1. The molecule has 0 fully saturated rings. The van der Waals surface area contributed by atoms with Crippen LogP contribution in [-0.4, -0.2) is 41.3 Å². The Hall–Kier alpha value is -3.97. The Bertz CT molecular complexity index is 1290. The smallest absolute Gasteiger partial charge is 0.326 e. The van der Waals surface area contributed by atoms with Crippen LogP contribution in [0.25, 0.3) is 0 Å². The topological polar surface area (TPSA) is 118 Å². The minimum atomic E-state index is -0.705. The number of thioether (sulfide) groups is 1. The van der Waals surface area contributed by atoms with Gasteiger partial charge in [0.25, 0.3) is 5.91 Å². The molecule has 1 N–H and O–H groups in total. The molecule has 174 valence electrons. The van der Waals surface area contributed by atoms with Crippen molar-refractivity contribution in [2.24, 2.45) is 0 Å². The first-order valence-electron chi connectivity index (χ1n) is 10.5. The molecule has 0 saturated heterocycles. The number of hydrogen-bond donors (Lipinski definition) is 1. The second-order valence-corrected chi connectivity index (χ2v) is 8.67. The van der Waals surface area contributed by atoms with E-state index in [2.05, 4.69) is 11.4 Å². The first-order valence-corrected chi connectivity index (χ1v) is 11.5. The van der Waals surface area contributed by atoms with Crippen molar-refractivity contribution < 1.29 is 23.5 Å². The Morgan fingerprint density at radius 2 is 2.03 bits per heavy atom. The molecule has 0 bridgehead atoms. The summed E-state index contributed by atoms with van der Waals surface area (Å²) in [5.74, 6) is -0.299. The van der Waals surface area contributed by atoms with E-state index in [-0.39, 0.29) is 18.2 Å². The molecule has 4 rings (SSSR count). The highest BCUT2D eigenvalue weighted by Crippen LogP contribution is 2.34. The minimum absolute atomic E-state index is 0.203. The number of esters is 1. The number of amides is 2. The molecule has 3 heterocycles. The van der Waals surface area contributed by atoms with E-state index >= 15 is 0 Å². The number of hydrogen-bond acceptors (Lipinski definition) is 7. The van der Waals surface area contributed by atoms with Crippen LogP contribution in [0.5, 0.6) is 0 Å². The molecule has 0 atom stereocenters. The van der Waals surface area contributed by atoms with Crippen molar-refractivity contribution in [3.63, 3.8) is 0 Å². The van der Waals surface area contributed by atoms with Crippen LogP contribution in [0.3, 0.4) is 0 Å². The van der Waals surface area contributed by atoms with Crippen molar-refractivity contribution in [1.29, 1.82) is 5.26 Å². The van der Waals surface area contributed by atoms with E-state index in [0.717, 1.165) is 16.2 Å². The highest BCUT2D eigenvalue weighted by molar-refractivity contribution is 8.00. The summed E-state index contributed by atoms with van der Waals surface area (Å²) in [6, 6.07) is 13.0. The number of para-hydroxylation sites is 1. The molecule has 1 aromatic carbocycles. The zero-order valence-electron chi connectivity index (χ0n) is 18.7. The number of furan rings is 1. The van der Waals surface area contributed by atoms with E-state index < -0.39 is 18.5 Å². The monoisotopic (exact) mass is 478 g/mol. The summed E-state index contributed by atoms with van der Waals surface area (Å²) in [6.45, 7) is 3.13. The van der Waals surface area contributed by atoms with Gasteiger partial charge in [-0.2, -0.15) is 5.26 Å². The van der Waals surface area contributed by atoms with Crippen molar-refractivity contribution >= 4 is 41.1 Å². The Morgan fingerprint density at radius 3 is 2.76 bits per heavy atom. The van der Waals surface area contributed by atoms with Gasteiger partial charge < -0.3 is 19.0 Å². The summed E-state index contributed by atoms with van der Waals surface area (Å²) < 4.78 is 12.3. The standard InChI is InChI=1S/C24H22N4O5S/c1-15-16(2)27(11-17-6-5-9-32-17)24(18(15)10-25)26-21(29)13-33-23(31)12-28-19-7-3-4-8-20(19)34-14-22(28)30/h3-9H,11-14H2,1-2H3,(H,26,29). The highest BCUT2D eigenvalue weighted by atomic mass is 32.2. The third kappa shape index (κ3) is 4.70. The first kappa shape index (κ1) is 23.2. The average Bonchev–Trinajstić information content (AvgIpc) is 3.42. The minimum Gasteiger partial charge on any atom is -0.467 e. The summed E-state index contributed by atoms with van der Waals surface area (Å²) in [5.41, 5.74) is 2.52. The van der Waals surface area contributed by atoms with E-state index in [1.165, 1.54) is 16.7 Å². The zero-order chi connectivity index (χ0) is 24.2. The molecule has 1 aliphatic heterocycles. The number of anilines is 2. The quantitative estimate of drug-likeness (QED) is 0.518. The zero-order valence-corrected chi connectivity index (χ0v) is 19.5. The van der Waals surface area contributed by atoms with Gasteiger partial charge in [0.1, 0.15) is 24.2 Å². The van der Waals surface area contributed by atoms with Gasteiger partial charge in [-0.1, -0.05) is 12.1 Å². The van der Waals surface area contributed by atoms with Crippen molar-refractivity contribution in [2.75, 3.05) is 29.1 Å². The Balaban J connectivity index is 1.42. The molecule has 0 unspecified atom stereocenters. The van der Waals surface area contributed by atoms with Crippen molar-refractivity contribution in [2.45, 2.75) is 25.3 Å². The van der Waals surface area contributed by atoms with Crippen molar-refractivity contribution in [3.8, 4) is 6.07 Å². The highest BCUT2D eigenvalue weighted by Gasteiger charge is 2.27. The van der Waals surface area contributed by atoms with Gasteiger partial charge in [0.15, 0.2) is 6.61 Å². The molecule has 9 nitrogen and oxygen atoms in total. The Labute approximate surface area is 200 Å². The molecule has 0 radical (unpaired) electrons. The third-order valence-electron chi connectivity index (χ3n) is 5.55. The lowest BCUT2D eigenvalue weighted by Gasteiger charge is -2.27. The summed E-state index contributed by atoms with van der Waals surface area (Å²) in [4.78, 5) is 39.6. The average molecular weight is 479 g/mol. The molecular weight excluding hydrogens is 456 g/mol. The number of aromatic nitrogens is 1. The normalized spacial score (nSPS) is 12.7. The van der Waals surface area contributed by atoms with Crippen LogP contribution in [0.4, 0.5) is 11.5 Å². The maximum atomic E-state index is 12.6. The van der Waals surface area contributed by atoms with Gasteiger partial charge >= 0.3 is 5.97 Å². The van der Waals surface area contributed by atoms with Crippen LogP contribution in [0, 0.1) is 25.2 Å². The fourth-order valence-corrected chi connectivity index (χ4v) is 4.64. The fraction of sp³-hybridized carbons (Fsp3) is 0.250. The van der Waals surface area contributed by atoms with Crippen LogP contribution in [0.2, 0.25) is 0 Å². The van der Waals surface area contributed by atoms with E-state index in [1.807, 2.05) is 19.1 Å². The number of carbonyl (C=O) groups is 3. The molecule has 1 aliphatic rings. The molecule has 2 amide bonds. The van der Waals surface area contributed by atoms with E-state index in [0.29, 0.717) is 29.4 Å². The summed E-state index contributed by atoms with van der Waals surface area (Å²) in [5, 5.41) is 12.3. The van der Waals surface area contributed by atoms with Crippen LogP contribution in [-0.2, 0) is 25.7 Å². The summed E-state index contributed by atoms with van der Waals surface area (Å²) >= 11 is 1.41. The lowest BCUT2D eigenvalue weighted by atomic mass is 10.2. The molecule has 10 heteroatoms. The third-order valence-corrected chi connectivity index (χ3v) is 6.60. The van der Waals surface area contributed by atoms with Gasteiger partial charge in [0.2, 0.25) is 5.91 Å². The molecule has 0 saturated carbocycles. The van der Waals surface area contributed by atoms with Crippen molar-refractivity contribution in [3.05, 3.63) is 65.2 Å². The van der Waals surface area contributed by atoms with E-state index in [9.17, 15) is 19.6 Å². The second kappa shape index (κ2) is 9.89. The van der Waals surface area contributed by atoms with Gasteiger partial charge in [-0.05, 0) is 43.7 Å². The van der Waals surface area contributed by atoms with Gasteiger partial charge in [-0.3, -0.25) is 19.3 Å². The lowest BCUT2D eigenvalue weighted by molar-refractivity contribution is -0.146. The predicted molar refractivity (Wildman–Crippen MR) is 126 cm³/mol. The summed E-state index contributed by atoms with van der Waals surface area (Å²) in [6.07, 6.45) is 1.55. The van der Waals surface area contributed by atoms with Gasteiger partial charge in [0.05, 0.1) is 29.8 Å². The van der Waals surface area contributed by atoms with Crippen LogP contribution >= 0.6 is 11.8 Å². The molecule has 0 aliphatic carbocycles. The maximum Gasteiger partial charge on any atom is 0.326 e. The van der Waals surface area contributed by atoms with Crippen LogP contribution in [0.15, 0.2) is 52.0 Å². The molecule has 0 spiro atoms. The molecular formula is C24H22N4O5S. The van der Waals surface area contributed by atoms with Crippen LogP contribution < -0.4 is 10.2 Å². The number of carbonyl (C=O) groups excluding carboxylic acids is 3. The number of nitrogens with one attached hydrogen (secondary N) is 1. The lowest BCUT2D eigenvalue weighted by Crippen LogP contribution is -2.40. The van der Waals surface area contributed by atoms with Crippen molar-refractivity contribution in [1.82, 2.24) is 4.57 Å². The van der Waals surface area contributed by atoms with Gasteiger partial charge in [0, 0.05) is 10.6 Å². The molecule has 3 aromatic rings. The number of fused-ring (bicyclic) bond motifs is 1. The number of benzene rings is 1. The number of nitriles is 1. The summed E-state index contributed by atoms with van der Waals surface area (Å²) in [7, 11) is 0. The largest absolute Gasteiger partial charge is 0.467 e. The molecule has 34 heavy (non-hydrogen) atoms. The number of rotatable bonds is 7. The number of nitrogens with zero attached hydrogens (tertiary/aromatic N) is 3. The maximum absolute atomic E-state index is 12.6. The predicted octanol–water partition coefficient (Wildman–Crippen LogP) is 3.24. The van der Waals surface area contributed by atoms with Gasteiger partial charge in [-0.15, -0.1) is 11.8 Å². The SMILES string of the molecule is Cc1c(C#N)c(NC(=O)COC(=O)CN2C(=O)CSc3ccccc32)n(Cc2ccco2)c1C.